The molecule has 2 saturated heterocycles. The highest BCUT2D eigenvalue weighted by Gasteiger charge is 2.42. The molecule has 0 bridgehead atoms. The van der Waals surface area contributed by atoms with Crippen LogP contribution in [0.4, 0.5) is 4.39 Å². The second-order valence-corrected chi connectivity index (χ2v) is 6.23. The molecule has 2 aliphatic rings. The minimum Gasteiger partial charge on any atom is -0.316 e. The Morgan fingerprint density at radius 2 is 2.05 bits per heavy atom. The maximum Gasteiger partial charge on any atom is 0.123 e. The quantitative estimate of drug-likeness (QED) is 0.837. The van der Waals surface area contributed by atoms with Crippen LogP contribution in [-0.2, 0) is 0 Å². The molecule has 1 spiro atoms. The number of hydrogen-bond acceptors (Lipinski definition) is 2. The summed E-state index contributed by atoms with van der Waals surface area (Å²) in [6, 6.07) is 7.22. The fourth-order valence-electron chi connectivity index (χ4n) is 3.83. The van der Waals surface area contributed by atoms with E-state index in [1.165, 1.54) is 37.9 Å². The second kappa shape index (κ2) is 5.22. The Bertz CT molecular complexity index is 438. The number of nitrogens with one attached hydrogen (secondary N) is 1. The highest BCUT2D eigenvalue weighted by molar-refractivity contribution is 5.25. The molecule has 1 aromatic carbocycles. The molecular weight excluding hydrogens is 239 g/mol. The van der Waals surface area contributed by atoms with E-state index in [4.69, 9.17) is 0 Å². The SMILES string of the molecule is CN1CCC2(CCNCC2c2cccc(F)c2)CC1. The van der Waals surface area contributed by atoms with Crippen molar-refractivity contribution in [3.8, 4) is 0 Å². The predicted octanol–water partition coefficient (Wildman–Crippen LogP) is 2.61. The molecule has 1 atom stereocenters. The molecule has 3 rings (SSSR count). The highest BCUT2D eigenvalue weighted by Crippen LogP contribution is 2.48. The van der Waals surface area contributed by atoms with E-state index in [1.807, 2.05) is 6.07 Å². The Hall–Kier alpha value is -0.930. The molecule has 1 N–H and O–H groups in total. The van der Waals surface area contributed by atoms with Crippen LogP contribution in [0.25, 0.3) is 0 Å². The Morgan fingerprint density at radius 3 is 2.79 bits per heavy atom. The fraction of sp³-hybridized carbons (Fsp3) is 0.625. The van der Waals surface area contributed by atoms with E-state index in [1.54, 1.807) is 12.1 Å². The smallest absolute Gasteiger partial charge is 0.123 e. The minimum atomic E-state index is -0.105. The zero-order valence-electron chi connectivity index (χ0n) is 11.7. The Balaban J connectivity index is 1.89. The van der Waals surface area contributed by atoms with E-state index in [0.717, 1.165) is 13.1 Å². The van der Waals surface area contributed by atoms with Crippen molar-refractivity contribution in [2.24, 2.45) is 5.41 Å². The van der Waals surface area contributed by atoms with Gasteiger partial charge in [-0.05, 0) is 69.1 Å². The van der Waals surface area contributed by atoms with Crippen molar-refractivity contribution >= 4 is 0 Å². The first-order valence-electron chi connectivity index (χ1n) is 7.34. The highest BCUT2D eigenvalue weighted by atomic mass is 19.1. The summed E-state index contributed by atoms with van der Waals surface area (Å²) in [5.41, 5.74) is 1.56. The van der Waals surface area contributed by atoms with Gasteiger partial charge in [-0.1, -0.05) is 12.1 Å². The topological polar surface area (TPSA) is 15.3 Å². The molecule has 1 aromatic rings. The molecule has 2 nitrogen and oxygen atoms in total. The van der Waals surface area contributed by atoms with Gasteiger partial charge in [0.1, 0.15) is 5.82 Å². The maximum atomic E-state index is 13.5. The molecule has 0 amide bonds. The number of likely N-dealkylation sites (tertiary alicyclic amines) is 1. The van der Waals surface area contributed by atoms with Gasteiger partial charge in [-0.25, -0.2) is 4.39 Å². The van der Waals surface area contributed by atoms with Gasteiger partial charge in [0.05, 0.1) is 0 Å². The molecule has 0 aromatic heterocycles. The van der Waals surface area contributed by atoms with Crippen molar-refractivity contribution in [3.05, 3.63) is 35.6 Å². The molecule has 1 unspecified atom stereocenters. The Labute approximate surface area is 115 Å². The number of benzene rings is 1. The molecule has 19 heavy (non-hydrogen) atoms. The van der Waals surface area contributed by atoms with Crippen molar-refractivity contribution in [3.63, 3.8) is 0 Å². The lowest BCUT2D eigenvalue weighted by atomic mass is 9.63. The van der Waals surface area contributed by atoms with Gasteiger partial charge in [-0.3, -0.25) is 0 Å². The third-order valence-corrected chi connectivity index (χ3v) is 5.12. The fourth-order valence-corrected chi connectivity index (χ4v) is 3.83. The van der Waals surface area contributed by atoms with Gasteiger partial charge >= 0.3 is 0 Å². The summed E-state index contributed by atoms with van der Waals surface area (Å²) < 4.78 is 13.5. The minimum absolute atomic E-state index is 0.105. The first-order valence-corrected chi connectivity index (χ1v) is 7.34. The van der Waals surface area contributed by atoms with E-state index in [0.29, 0.717) is 11.3 Å². The number of hydrogen-bond donors (Lipinski definition) is 1. The van der Waals surface area contributed by atoms with Crippen LogP contribution in [0, 0.1) is 11.2 Å². The van der Waals surface area contributed by atoms with Crippen molar-refractivity contribution < 1.29 is 4.39 Å². The Kier molecular flexibility index (Phi) is 3.59. The van der Waals surface area contributed by atoms with Crippen LogP contribution in [0.3, 0.4) is 0 Å². The van der Waals surface area contributed by atoms with Gasteiger partial charge in [0.2, 0.25) is 0 Å². The van der Waals surface area contributed by atoms with Crippen LogP contribution in [0.1, 0.15) is 30.7 Å². The molecule has 0 radical (unpaired) electrons. The summed E-state index contributed by atoms with van der Waals surface area (Å²) in [6.45, 7) is 4.44. The number of halogens is 1. The van der Waals surface area contributed by atoms with Crippen molar-refractivity contribution in [2.45, 2.75) is 25.2 Å². The van der Waals surface area contributed by atoms with Gasteiger partial charge in [-0.15, -0.1) is 0 Å². The van der Waals surface area contributed by atoms with Crippen LogP contribution in [0.15, 0.2) is 24.3 Å². The maximum absolute atomic E-state index is 13.5. The van der Waals surface area contributed by atoms with Gasteiger partial charge in [0, 0.05) is 12.5 Å². The molecule has 0 aliphatic carbocycles. The van der Waals surface area contributed by atoms with E-state index >= 15 is 0 Å². The van der Waals surface area contributed by atoms with E-state index in [-0.39, 0.29) is 5.82 Å². The van der Waals surface area contributed by atoms with Crippen molar-refractivity contribution in [2.75, 3.05) is 33.2 Å². The van der Waals surface area contributed by atoms with E-state index in [9.17, 15) is 4.39 Å². The number of rotatable bonds is 1. The third-order valence-electron chi connectivity index (χ3n) is 5.12. The van der Waals surface area contributed by atoms with E-state index in [2.05, 4.69) is 23.3 Å². The molecule has 3 heteroatoms. The number of nitrogens with zero attached hydrogens (tertiary/aromatic N) is 1. The summed E-state index contributed by atoms with van der Waals surface area (Å²) in [7, 11) is 2.20. The van der Waals surface area contributed by atoms with Gasteiger partial charge in [0.15, 0.2) is 0 Å². The van der Waals surface area contributed by atoms with Crippen LogP contribution in [0.5, 0.6) is 0 Å². The monoisotopic (exact) mass is 262 g/mol. The second-order valence-electron chi connectivity index (χ2n) is 6.23. The summed E-state index contributed by atoms with van der Waals surface area (Å²) in [6.07, 6.45) is 3.71. The summed E-state index contributed by atoms with van der Waals surface area (Å²) >= 11 is 0. The molecule has 2 aliphatic heterocycles. The van der Waals surface area contributed by atoms with Crippen molar-refractivity contribution in [1.82, 2.24) is 10.2 Å². The third kappa shape index (κ3) is 2.54. The normalized spacial score (nSPS) is 27.6. The lowest BCUT2D eigenvalue weighted by Gasteiger charge is -2.49. The zero-order valence-corrected chi connectivity index (χ0v) is 11.7. The van der Waals surface area contributed by atoms with Crippen LogP contribution >= 0.6 is 0 Å². The van der Waals surface area contributed by atoms with Gasteiger partial charge < -0.3 is 10.2 Å². The number of piperidine rings is 2. The average molecular weight is 262 g/mol. The zero-order chi connectivity index (χ0) is 13.3. The molecule has 0 saturated carbocycles. The first kappa shape index (κ1) is 13.1. The van der Waals surface area contributed by atoms with Gasteiger partial charge in [0.25, 0.3) is 0 Å². The lowest BCUT2D eigenvalue weighted by molar-refractivity contribution is 0.0650. The first-order chi connectivity index (χ1) is 9.20. The standard InChI is InChI=1S/C16H23FN2/c1-19-9-6-16(7-10-19)5-8-18-12-15(16)13-3-2-4-14(17)11-13/h2-4,11,15,18H,5-10,12H2,1H3. The van der Waals surface area contributed by atoms with E-state index < -0.39 is 0 Å². The Morgan fingerprint density at radius 1 is 1.26 bits per heavy atom. The molecule has 2 heterocycles. The van der Waals surface area contributed by atoms with Crippen molar-refractivity contribution in [1.29, 1.82) is 0 Å². The summed E-state index contributed by atoms with van der Waals surface area (Å²) in [4.78, 5) is 2.41. The lowest BCUT2D eigenvalue weighted by Crippen LogP contribution is -2.49. The van der Waals surface area contributed by atoms with Crippen LogP contribution < -0.4 is 5.32 Å². The predicted molar refractivity (Wildman–Crippen MR) is 75.8 cm³/mol. The summed E-state index contributed by atoms with van der Waals surface area (Å²) in [5, 5.41) is 3.50. The molecule has 104 valence electrons. The van der Waals surface area contributed by atoms with Crippen LogP contribution in [0.2, 0.25) is 0 Å². The molecule has 2 fully saturated rings. The molecular formula is C16H23FN2. The van der Waals surface area contributed by atoms with Crippen LogP contribution in [-0.4, -0.2) is 38.1 Å². The van der Waals surface area contributed by atoms with Gasteiger partial charge in [-0.2, -0.15) is 0 Å². The summed E-state index contributed by atoms with van der Waals surface area (Å²) in [5.74, 6) is 0.358. The largest absolute Gasteiger partial charge is 0.316 e. The average Bonchev–Trinajstić information content (AvgIpc) is 2.43.